The van der Waals surface area contributed by atoms with Crippen molar-refractivity contribution in [2.45, 2.75) is 40.5 Å². The molecule has 3 nitrogen and oxygen atoms in total. The van der Waals surface area contributed by atoms with E-state index in [1.165, 1.54) is 0 Å². The van der Waals surface area contributed by atoms with Gasteiger partial charge in [0.25, 0.3) is 0 Å². The number of carbonyl (C=O) groups is 2. The van der Waals surface area contributed by atoms with Gasteiger partial charge in [0.2, 0.25) is 0 Å². The molecule has 2 atom stereocenters. The van der Waals surface area contributed by atoms with Gasteiger partial charge < -0.3 is 4.74 Å². The maximum atomic E-state index is 11.5. The smallest absolute Gasteiger partial charge is 0.317 e. The van der Waals surface area contributed by atoms with Crippen LogP contribution in [0.3, 0.4) is 0 Å². The summed E-state index contributed by atoms with van der Waals surface area (Å²) >= 11 is 0. The Hall–Kier alpha value is -0.860. The Kier molecular flexibility index (Phi) is 3.89. The second-order valence-electron chi connectivity index (χ2n) is 5.09. The van der Waals surface area contributed by atoms with Crippen molar-refractivity contribution in [1.82, 2.24) is 0 Å². The van der Waals surface area contributed by atoms with Crippen LogP contribution in [0.15, 0.2) is 0 Å². The molecular formula is C12H20O3. The van der Waals surface area contributed by atoms with Crippen molar-refractivity contribution < 1.29 is 14.3 Å². The lowest BCUT2D eigenvalue weighted by Crippen LogP contribution is -2.23. The van der Waals surface area contributed by atoms with E-state index in [4.69, 9.17) is 4.74 Å². The average molecular weight is 212 g/mol. The number of esters is 2. The second kappa shape index (κ2) is 4.77. The molecule has 1 saturated heterocycles. The molecule has 0 aromatic rings. The van der Waals surface area contributed by atoms with Crippen LogP contribution in [0.25, 0.3) is 0 Å². The third kappa shape index (κ3) is 2.80. The minimum absolute atomic E-state index is 0.182. The Morgan fingerprint density at radius 2 is 1.73 bits per heavy atom. The lowest BCUT2D eigenvalue weighted by Gasteiger charge is -2.17. The van der Waals surface area contributed by atoms with E-state index < -0.39 is 0 Å². The van der Waals surface area contributed by atoms with Gasteiger partial charge in [-0.1, -0.05) is 34.1 Å². The normalized spacial score (nSPS) is 26.5. The van der Waals surface area contributed by atoms with Crippen LogP contribution in [0, 0.1) is 23.7 Å². The number of rotatable bonds is 4. The predicted molar refractivity (Wildman–Crippen MR) is 57.0 cm³/mol. The number of hydrogen-bond donors (Lipinski definition) is 0. The summed E-state index contributed by atoms with van der Waals surface area (Å²) in [6.07, 6.45) is 1.74. The highest BCUT2D eigenvalue weighted by Crippen LogP contribution is 2.33. The monoisotopic (exact) mass is 212 g/mol. The van der Waals surface area contributed by atoms with Crippen molar-refractivity contribution in [2.75, 3.05) is 0 Å². The Balaban J connectivity index is 2.66. The van der Waals surface area contributed by atoms with Gasteiger partial charge in [0, 0.05) is 0 Å². The standard InChI is InChI=1S/C12H20O3/c1-7(2)5-6-9-10(8(3)4)12(14)15-11(9)13/h7-10H,5-6H2,1-4H3. The molecule has 1 rings (SSSR count). The minimum Gasteiger partial charge on any atom is -0.393 e. The average Bonchev–Trinajstić information content (AvgIpc) is 2.37. The van der Waals surface area contributed by atoms with Gasteiger partial charge in [0.05, 0.1) is 11.8 Å². The van der Waals surface area contributed by atoms with Gasteiger partial charge in [0.15, 0.2) is 0 Å². The molecule has 1 heterocycles. The molecular weight excluding hydrogens is 192 g/mol. The summed E-state index contributed by atoms with van der Waals surface area (Å²) < 4.78 is 4.70. The first-order chi connectivity index (χ1) is 6.93. The third-order valence-corrected chi connectivity index (χ3v) is 2.98. The Labute approximate surface area is 91.2 Å². The van der Waals surface area contributed by atoms with Gasteiger partial charge in [-0.15, -0.1) is 0 Å². The summed E-state index contributed by atoms with van der Waals surface area (Å²) in [4.78, 5) is 22.9. The first-order valence-corrected chi connectivity index (χ1v) is 5.69. The third-order valence-electron chi connectivity index (χ3n) is 2.98. The lowest BCUT2D eigenvalue weighted by atomic mass is 9.81. The molecule has 3 heteroatoms. The highest BCUT2D eigenvalue weighted by Gasteiger charge is 2.45. The number of cyclic esters (lactones) is 2. The van der Waals surface area contributed by atoms with E-state index in [2.05, 4.69) is 13.8 Å². The fraction of sp³-hybridized carbons (Fsp3) is 0.833. The zero-order chi connectivity index (χ0) is 11.6. The van der Waals surface area contributed by atoms with Crippen LogP contribution in [0.4, 0.5) is 0 Å². The summed E-state index contributed by atoms with van der Waals surface area (Å²) in [7, 11) is 0. The van der Waals surface area contributed by atoms with Gasteiger partial charge >= 0.3 is 11.9 Å². The summed E-state index contributed by atoms with van der Waals surface area (Å²) in [6.45, 7) is 8.17. The van der Waals surface area contributed by atoms with E-state index in [0.29, 0.717) is 5.92 Å². The molecule has 86 valence electrons. The maximum absolute atomic E-state index is 11.5. The quantitative estimate of drug-likeness (QED) is 0.531. The molecule has 0 aliphatic carbocycles. The second-order valence-corrected chi connectivity index (χ2v) is 5.09. The van der Waals surface area contributed by atoms with Crippen molar-refractivity contribution in [3.05, 3.63) is 0 Å². The summed E-state index contributed by atoms with van der Waals surface area (Å²) in [5.74, 6) is -0.346. The maximum Gasteiger partial charge on any atom is 0.317 e. The number of carbonyl (C=O) groups excluding carboxylic acids is 2. The van der Waals surface area contributed by atoms with Crippen LogP contribution in [0.5, 0.6) is 0 Å². The highest BCUT2D eigenvalue weighted by atomic mass is 16.6. The lowest BCUT2D eigenvalue weighted by molar-refractivity contribution is -0.154. The molecule has 1 fully saturated rings. The molecule has 1 aliphatic rings. The molecule has 0 bridgehead atoms. The summed E-state index contributed by atoms with van der Waals surface area (Å²) in [6, 6.07) is 0. The van der Waals surface area contributed by atoms with Crippen LogP contribution in [-0.4, -0.2) is 11.9 Å². The van der Waals surface area contributed by atoms with Crippen LogP contribution in [-0.2, 0) is 14.3 Å². The Bertz CT molecular complexity index is 256. The van der Waals surface area contributed by atoms with Crippen molar-refractivity contribution >= 4 is 11.9 Å². The number of hydrogen-bond acceptors (Lipinski definition) is 3. The molecule has 0 N–H and O–H groups in total. The molecule has 0 saturated carbocycles. The predicted octanol–water partition coefficient (Wildman–Crippen LogP) is 2.39. The highest BCUT2D eigenvalue weighted by molar-refractivity contribution is 5.96. The fourth-order valence-electron chi connectivity index (χ4n) is 2.10. The topological polar surface area (TPSA) is 43.4 Å². The van der Waals surface area contributed by atoms with Crippen molar-refractivity contribution in [2.24, 2.45) is 23.7 Å². The minimum atomic E-state index is -0.330. The van der Waals surface area contributed by atoms with Gasteiger partial charge in [-0.3, -0.25) is 9.59 Å². The van der Waals surface area contributed by atoms with E-state index in [9.17, 15) is 9.59 Å². The first kappa shape index (κ1) is 12.2. The number of ether oxygens (including phenoxy) is 1. The summed E-state index contributed by atoms with van der Waals surface area (Å²) in [5, 5.41) is 0. The molecule has 0 aromatic carbocycles. The van der Waals surface area contributed by atoms with Gasteiger partial charge in [-0.25, -0.2) is 0 Å². The molecule has 0 radical (unpaired) electrons. The zero-order valence-electron chi connectivity index (χ0n) is 9.95. The first-order valence-electron chi connectivity index (χ1n) is 5.69. The molecule has 0 amide bonds. The zero-order valence-corrected chi connectivity index (χ0v) is 9.95. The van der Waals surface area contributed by atoms with E-state index in [0.717, 1.165) is 12.8 Å². The van der Waals surface area contributed by atoms with E-state index >= 15 is 0 Å². The molecule has 0 aromatic heterocycles. The van der Waals surface area contributed by atoms with Crippen molar-refractivity contribution in [1.29, 1.82) is 0 Å². The van der Waals surface area contributed by atoms with Crippen molar-refractivity contribution in [3.8, 4) is 0 Å². The Morgan fingerprint density at radius 3 is 2.20 bits per heavy atom. The van der Waals surface area contributed by atoms with Gasteiger partial charge in [0.1, 0.15) is 0 Å². The van der Waals surface area contributed by atoms with Gasteiger partial charge in [-0.2, -0.15) is 0 Å². The van der Waals surface area contributed by atoms with E-state index in [1.807, 2.05) is 13.8 Å². The largest absolute Gasteiger partial charge is 0.393 e. The van der Waals surface area contributed by atoms with Gasteiger partial charge in [-0.05, 0) is 18.3 Å². The van der Waals surface area contributed by atoms with E-state index in [-0.39, 0.29) is 29.7 Å². The van der Waals surface area contributed by atoms with Crippen LogP contribution < -0.4 is 0 Å². The Morgan fingerprint density at radius 1 is 1.13 bits per heavy atom. The van der Waals surface area contributed by atoms with Crippen LogP contribution in [0.1, 0.15) is 40.5 Å². The van der Waals surface area contributed by atoms with Crippen molar-refractivity contribution in [3.63, 3.8) is 0 Å². The van der Waals surface area contributed by atoms with Crippen LogP contribution in [0.2, 0.25) is 0 Å². The molecule has 1 aliphatic heterocycles. The SMILES string of the molecule is CC(C)CCC1C(=O)OC(=O)C1C(C)C. The molecule has 15 heavy (non-hydrogen) atoms. The molecule has 0 spiro atoms. The fourth-order valence-corrected chi connectivity index (χ4v) is 2.10. The van der Waals surface area contributed by atoms with Crippen LogP contribution >= 0.6 is 0 Å². The van der Waals surface area contributed by atoms with E-state index in [1.54, 1.807) is 0 Å². The summed E-state index contributed by atoms with van der Waals surface area (Å²) in [5.41, 5.74) is 0. The molecule has 2 unspecified atom stereocenters.